The van der Waals surface area contributed by atoms with Crippen LogP contribution in [0.4, 0.5) is 16.0 Å². The summed E-state index contributed by atoms with van der Waals surface area (Å²) in [6.07, 6.45) is 3.57. The van der Waals surface area contributed by atoms with Crippen molar-refractivity contribution in [1.82, 2.24) is 19.4 Å². The van der Waals surface area contributed by atoms with E-state index in [1.165, 1.54) is 6.07 Å². The zero-order valence-electron chi connectivity index (χ0n) is 18.6. The Morgan fingerprint density at radius 1 is 1.12 bits per heavy atom. The van der Waals surface area contributed by atoms with Crippen molar-refractivity contribution in [3.05, 3.63) is 76.8 Å². The van der Waals surface area contributed by atoms with Crippen molar-refractivity contribution in [2.45, 2.75) is 13.5 Å². The van der Waals surface area contributed by atoms with E-state index in [0.29, 0.717) is 59.0 Å². The largest absolute Gasteiger partial charge is 0.324 e. The molecule has 3 heterocycles. The van der Waals surface area contributed by atoms with Gasteiger partial charge in [0.1, 0.15) is 11.5 Å². The molecule has 4 aromatic rings. The highest BCUT2D eigenvalue weighted by molar-refractivity contribution is 8.24. The third-order valence-corrected chi connectivity index (χ3v) is 8.11. The molecule has 0 amide bonds. The van der Waals surface area contributed by atoms with Crippen LogP contribution in [0.3, 0.4) is 0 Å². The summed E-state index contributed by atoms with van der Waals surface area (Å²) < 4.78 is 36.4. The second-order valence-electron chi connectivity index (χ2n) is 8.51. The van der Waals surface area contributed by atoms with E-state index in [-0.39, 0.29) is 5.82 Å². The van der Waals surface area contributed by atoms with Gasteiger partial charge in [-0.3, -0.25) is 14.0 Å². The summed E-state index contributed by atoms with van der Waals surface area (Å²) in [6.45, 7) is 3.46. The number of fused-ring (bicyclic) bond motifs is 1. The fourth-order valence-electron chi connectivity index (χ4n) is 3.96. The molecule has 1 fully saturated rings. The lowest BCUT2D eigenvalue weighted by atomic mass is 10.1. The molecule has 0 bridgehead atoms. The average molecular weight is 502 g/mol. The van der Waals surface area contributed by atoms with Gasteiger partial charge >= 0.3 is 0 Å². The molecule has 0 atom stereocenters. The van der Waals surface area contributed by atoms with E-state index in [0.717, 1.165) is 16.6 Å². The van der Waals surface area contributed by atoms with Crippen LogP contribution in [-0.2, 0) is 6.54 Å². The molecule has 10 heteroatoms. The number of benzene rings is 2. The van der Waals surface area contributed by atoms with Gasteiger partial charge in [-0.25, -0.2) is 9.37 Å². The van der Waals surface area contributed by atoms with Crippen LogP contribution in [-0.4, -0.2) is 53.1 Å². The van der Waals surface area contributed by atoms with Gasteiger partial charge in [0.15, 0.2) is 0 Å². The average Bonchev–Trinajstić information content (AvgIpc) is 3.22. The number of hydrogen-bond donors (Lipinski definition) is 3. The van der Waals surface area contributed by atoms with Gasteiger partial charge in [0.2, 0.25) is 5.95 Å². The molecular weight excluding hydrogens is 477 g/mol. The van der Waals surface area contributed by atoms with Crippen LogP contribution in [0.15, 0.2) is 54.9 Å². The molecule has 3 N–H and O–H groups in total. The van der Waals surface area contributed by atoms with Crippen LogP contribution < -0.4 is 5.32 Å². The number of nitrogens with one attached hydrogen (secondary N) is 1. The van der Waals surface area contributed by atoms with Crippen molar-refractivity contribution < 1.29 is 13.5 Å². The fraction of sp³-hybridized carbons (Fsp3) is 0.250. The fourth-order valence-corrected chi connectivity index (χ4v) is 5.45. The lowest BCUT2D eigenvalue weighted by Gasteiger charge is -2.41. The molecule has 0 radical (unpaired) electrons. The zero-order valence-corrected chi connectivity index (χ0v) is 20.2. The number of halogens is 2. The molecule has 178 valence electrons. The molecule has 34 heavy (non-hydrogen) atoms. The number of nitrogens with zero attached hydrogens (tertiary/aromatic N) is 4. The highest BCUT2D eigenvalue weighted by Gasteiger charge is 2.23. The minimum Gasteiger partial charge on any atom is -0.324 e. The molecule has 2 aromatic heterocycles. The lowest BCUT2D eigenvalue weighted by molar-refractivity contribution is 0.274. The standard InChI is InChI=1S/C24H25ClFN5O2S/c1-16-2-4-19(12-21(16)25)28-24-27-14-17-6-7-31(23(17)29-24)20-5-3-18(22(26)13-20)15-30-8-10-34(32,33)11-9-30/h2-7,12-14,32-33H,8-11,15H2,1H3,(H,27,28,29). The Morgan fingerprint density at radius 2 is 1.91 bits per heavy atom. The number of anilines is 2. The van der Waals surface area contributed by atoms with Gasteiger partial charge < -0.3 is 9.88 Å². The molecule has 2 aromatic carbocycles. The maximum Gasteiger partial charge on any atom is 0.229 e. The van der Waals surface area contributed by atoms with Crippen molar-refractivity contribution in [2.75, 3.05) is 29.9 Å². The van der Waals surface area contributed by atoms with Gasteiger partial charge in [0.25, 0.3) is 0 Å². The van der Waals surface area contributed by atoms with E-state index < -0.39 is 10.6 Å². The van der Waals surface area contributed by atoms with Gasteiger partial charge in [-0.05, 0) is 42.8 Å². The second kappa shape index (κ2) is 9.16. The van der Waals surface area contributed by atoms with Crippen LogP contribution in [0.1, 0.15) is 11.1 Å². The molecule has 5 rings (SSSR count). The minimum absolute atomic E-state index is 0.307. The van der Waals surface area contributed by atoms with Crippen LogP contribution in [0.2, 0.25) is 5.02 Å². The van der Waals surface area contributed by atoms with Crippen molar-refractivity contribution in [3.8, 4) is 5.69 Å². The van der Waals surface area contributed by atoms with E-state index in [9.17, 15) is 13.5 Å². The predicted molar refractivity (Wildman–Crippen MR) is 136 cm³/mol. The van der Waals surface area contributed by atoms with Crippen LogP contribution in [0.5, 0.6) is 0 Å². The smallest absolute Gasteiger partial charge is 0.229 e. The van der Waals surface area contributed by atoms with Crippen LogP contribution in [0.25, 0.3) is 16.7 Å². The van der Waals surface area contributed by atoms with E-state index >= 15 is 0 Å². The first kappa shape index (κ1) is 23.1. The maximum absolute atomic E-state index is 15.0. The third kappa shape index (κ3) is 4.89. The van der Waals surface area contributed by atoms with Gasteiger partial charge in [-0.15, -0.1) is 0 Å². The molecule has 0 saturated carbocycles. The summed E-state index contributed by atoms with van der Waals surface area (Å²) in [5.74, 6) is 0.790. The maximum atomic E-state index is 15.0. The van der Waals surface area contributed by atoms with E-state index in [4.69, 9.17) is 11.6 Å². The van der Waals surface area contributed by atoms with Gasteiger partial charge in [-0.1, -0.05) is 23.7 Å². The Labute approximate surface area is 203 Å². The lowest BCUT2D eigenvalue weighted by Crippen LogP contribution is -2.37. The van der Waals surface area contributed by atoms with Crippen molar-refractivity contribution in [2.24, 2.45) is 0 Å². The first-order valence-electron chi connectivity index (χ1n) is 10.9. The Bertz CT molecular complexity index is 1350. The Balaban J connectivity index is 1.37. The topological polar surface area (TPSA) is 86.4 Å². The molecule has 7 nitrogen and oxygen atoms in total. The number of hydrogen-bond acceptors (Lipinski definition) is 6. The number of aromatic nitrogens is 3. The molecular formula is C24H25ClFN5O2S. The van der Waals surface area contributed by atoms with Crippen LogP contribution >= 0.6 is 22.2 Å². The minimum atomic E-state index is -2.47. The normalized spacial score (nSPS) is 17.1. The number of aryl methyl sites for hydroxylation is 1. The molecule has 0 unspecified atom stereocenters. The van der Waals surface area contributed by atoms with Crippen molar-refractivity contribution in [1.29, 1.82) is 0 Å². The summed E-state index contributed by atoms with van der Waals surface area (Å²) in [6, 6.07) is 12.7. The summed E-state index contributed by atoms with van der Waals surface area (Å²) >= 11 is 6.22. The molecule has 1 saturated heterocycles. The predicted octanol–water partition coefficient (Wildman–Crippen LogP) is 5.83. The zero-order chi connectivity index (χ0) is 23.9. The summed E-state index contributed by atoms with van der Waals surface area (Å²) in [5.41, 5.74) is 3.66. The summed E-state index contributed by atoms with van der Waals surface area (Å²) in [7, 11) is -2.47. The monoisotopic (exact) mass is 501 g/mol. The van der Waals surface area contributed by atoms with Crippen molar-refractivity contribution >= 4 is 44.9 Å². The highest BCUT2D eigenvalue weighted by Crippen LogP contribution is 2.40. The third-order valence-electron chi connectivity index (χ3n) is 6.03. The van der Waals surface area contributed by atoms with Gasteiger partial charge in [0, 0.05) is 59.4 Å². The SMILES string of the molecule is Cc1ccc(Nc2ncc3ccn(-c4ccc(CN5CCS(O)(O)CC5)c(F)c4)c3n2)cc1Cl. The summed E-state index contributed by atoms with van der Waals surface area (Å²) in [5, 5.41) is 4.66. The highest BCUT2D eigenvalue weighted by atomic mass is 35.5. The van der Waals surface area contributed by atoms with Gasteiger partial charge in [-0.2, -0.15) is 15.6 Å². The first-order valence-corrected chi connectivity index (χ1v) is 13.2. The van der Waals surface area contributed by atoms with Gasteiger partial charge in [0.05, 0.1) is 11.5 Å². The molecule has 1 aliphatic heterocycles. The van der Waals surface area contributed by atoms with Crippen molar-refractivity contribution in [3.63, 3.8) is 0 Å². The number of rotatable bonds is 5. The summed E-state index contributed by atoms with van der Waals surface area (Å²) in [4.78, 5) is 11.1. The molecule has 0 aliphatic carbocycles. The Hall–Kier alpha value is -2.69. The molecule has 0 spiro atoms. The second-order valence-corrected chi connectivity index (χ2v) is 11.3. The first-order chi connectivity index (χ1) is 16.3. The van der Waals surface area contributed by atoms with E-state index in [1.807, 2.05) is 52.9 Å². The van der Waals surface area contributed by atoms with Crippen LogP contribution in [0, 0.1) is 12.7 Å². The van der Waals surface area contributed by atoms with E-state index in [2.05, 4.69) is 15.3 Å². The quantitative estimate of drug-likeness (QED) is 0.319. The molecule has 1 aliphatic rings. The Morgan fingerprint density at radius 3 is 2.65 bits per heavy atom. The van der Waals surface area contributed by atoms with E-state index in [1.54, 1.807) is 12.3 Å². The Kier molecular flexibility index (Phi) is 6.22.